The molecule has 0 radical (unpaired) electrons. The molecule has 12 heteroatoms. The molecule has 12 nitrogen and oxygen atoms in total. The number of aromatic nitrogens is 2. The maximum absolute atomic E-state index is 13.2. The molecule has 3 amide bonds. The van der Waals surface area contributed by atoms with E-state index in [2.05, 4.69) is 15.5 Å². The Kier molecular flexibility index (Phi) is 8.03. The number of carbonyl (C=O) groups excluding carboxylic acids is 3. The van der Waals surface area contributed by atoms with Crippen LogP contribution >= 0.6 is 0 Å². The molecule has 35 heavy (non-hydrogen) atoms. The summed E-state index contributed by atoms with van der Waals surface area (Å²) in [5.41, 5.74) is 2.42. The van der Waals surface area contributed by atoms with Gasteiger partial charge in [0.2, 0.25) is 11.6 Å². The third kappa shape index (κ3) is 6.15. The standard InChI is InChI=1S/C23H22N6O6/c1-28(23(32)20-18(29(34)35)14-25-26-20)21(22(31)24-13-16-5-3-2-4-6-16)17-10-7-15(8-11-17)9-12-19(30)27-33/h2-12,14,21,33H,13H2,1H3,(H,24,31)(H,25,26)(H,27,30)/b12-9+. The highest BCUT2D eigenvalue weighted by atomic mass is 16.6. The predicted molar refractivity (Wildman–Crippen MR) is 124 cm³/mol. The highest BCUT2D eigenvalue weighted by Crippen LogP contribution is 2.25. The molecule has 1 aromatic heterocycles. The summed E-state index contributed by atoms with van der Waals surface area (Å²) in [6.45, 7) is 0.206. The largest absolute Gasteiger partial charge is 0.350 e. The fourth-order valence-corrected chi connectivity index (χ4v) is 3.30. The number of amides is 3. The highest BCUT2D eigenvalue weighted by Gasteiger charge is 2.34. The van der Waals surface area contributed by atoms with E-state index in [1.54, 1.807) is 24.3 Å². The fourth-order valence-electron chi connectivity index (χ4n) is 3.30. The van der Waals surface area contributed by atoms with Crippen LogP contribution in [0.5, 0.6) is 0 Å². The van der Waals surface area contributed by atoms with E-state index < -0.39 is 40.1 Å². The SMILES string of the molecule is CN(C(=O)c1n[nH]cc1[N+](=O)[O-])C(C(=O)NCc1ccccc1)c1ccc(/C=C/C(=O)NO)cc1. The molecule has 4 N–H and O–H groups in total. The first kappa shape index (κ1) is 24.8. The van der Waals surface area contributed by atoms with E-state index in [1.165, 1.54) is 18.6 Å². The van der Waals surface area contributed by atoms with Gasteiger partial charge in [-0.05, 0) is 22.8 Å². The summed E-state index contributed by atoms with van der Waals surface area (Å²) in [7, 11) is 1.35. The van der Waals surface area contributed by atoms with Crippen LogP contribution < -0.4 is 10.8 Å². The van der Waals surface area contributed by atoms with Gasteiger partial charge >= 0.3 is 5.69 Å². The van der Waals surface area contributed by atoms with Crippen LogP contribution in [0.15, 0.2) is 66.9 Å². The summed E-state index contributed by atoms with van der Waals surface area (Å²) in [5.74, 6) is -2.04. The van der Waals surface area contributed by atoms with Crippen molar-refractivity contribution in [2.24, 2.45) is 0 Å². The van der Waals surface area contributed by atoms with E-state index >= 15 is 0 Å². The Morgan fingerprint density at radius 2 is 1.86 bits per heavy atom. The Labute approximate surface area is 199 Å². The molecule has 0 bridgehead atoms. The van der Waals surface area contributed by atoms with Crippen molar-refractivity contribution in [3.63, 3.8) is 0 Å². The molecule has 3 aromatic rings. The van der Waals surface area contributed by atoms with Crippen molar-refractivity contribution in [1.29, 1.82) is 0 Å². The number of hydroxylamine groups is 1. The van der Waals surface area contributed by atoms with Crippen molar-refractivity contribution in [2.75, 3.05) is 7.05 Å². The van der Waals surface area contributed by atoms with Gasteiger partial charge in [-0.1, -0.05) is 54.6 Å². The number of nitrogens with zero attached hydrogens (tertiary/aromatic N) is 3. The number of likely N-dealkylation sites (N-methyl/N-ethyl adjacent to an activating group) is 1. The van der Waals surface area contributed by atoms with Gasteiger partial charge in [0.1, 0.15) is 12.2 Å². The number of carbonyl (C=O) groups is 3. The molecular weight excluding hydrogens is 456 g/mol. The van der Waals surface area contributed by atoms with E-state index in [0.29, 0.717) is 11.1 Å². The second-order valence-electron chi connectivity index (χ2n) is 7.37. The summed E-state index contributed by atoms with van der Waals surface area (Å²) in [6, 6.07) is 14.4. The molecule has 3 rings (SSSR count). The van der Waals surface area contributed by atoms with Gasteiger partial charge in [-0.2, -0.15) is 5.10 Å². The lowest BCUT2D eigenvalue weighted by molar-refractivity contribution is -0.385. The molecule has 0 fully saturated rings. The molecule has 1 unspecified atom stereocenters. The van der Waals surface area contributed by atoms with Crippen LogP contribution in [0.2, 0.25) is 0 Å². The van der Waals surface area contributed by atoms with Crippen LogP contribution in [-0.2, 0) is 16.1 Å². The van der Waals surface area contributed by atoms with Crippen LogP contribution in [0, 0.1) is 10.1 Å². The number of nitro groups is 1. The quantitative estimate of drug-likeness (QED) is 0.158. The molecule has 0 aliphatic carbocycles. The second-order valence-corrected chi connectivity index (χ2v) is 7.37. The fraction of sp³-hybridized carbons (Fsp3) is 0.130. The van der Waals surface area contributed by atoms with Crippen LogP contribution in [-0.4, -0.2) is 50.0 Å². The molecule has 0 spiro atoms. The lowest BCUT2D eigenvalue weighted by atomic mass is 10.0. The second kappa shape index (κ2) is 11.3. The minimum atomic E-state index is -1.14. The summed E-state index contributed by atoms with van der Waals surface area (Å²) < 4.78 is 0. The molecule has 2 aromatic carbocycles. The third-order valence-electron chi connectivity index (χ3n) is 5.07. The number of hydrogen-bond acceptors (Lipinski definition) is 7. The van der Waals surface area contributed by atoms with Crippen LogP contribution in [0.3, 0.4) is 0 Å². The van der Waals surface area contributed by atoms with Gasteiger partial charge in [0.05, 0.1) is 4.92 Å². The molecule has 1 heterocycles. The lowest BCUT2D eigenvalue weighted by Crippen LogP contribution is -2.41. The number of hydrogen-bond donors (Lipinski definition) is 4. The molecule has 0 aliphatic rings. The number of benzene rings is 2. The minimum Gasteiger partial charge on any atom is -0.350 e. The first-order valence-electron chi connectivity index (χ1n) is 10.3. The number of nitrogens with one attached hydrogen (secondary N) is 3. The topological polar surface area (TPSA) is 171 Å². The monoisotopic (exact) mass is 478 g/mol. The summed E-state index contributed by atoms with van der Waals surface area (Å²) in [5, 5.41) is 28.6. The van der Waals surface area contributed by atoms with Crippen molar-refractivity contribution in [3.8, 4) is 0 Å². The summed E-state index contributed by atoms with van der Waals surface area (Å²) in [4.78, 5) is 49.1. The molecule has 0 saturated carbocycles. The third-order valence-corrected chi connectivity index (χ3v) is 5.07. The maximum atomic E-state index is 13.2. The normalized spacial score (nSPS) is 11.6. The van der Waals surface area contributed by atoms with Crippen molar-refractivity contribution in [3.05, 3.63) is 99.4 Å². The van der Waals surface area contributed by atoms with E-state index in [-0.39, 0.29) is 6.54 Å². The first-order valence-corrected chi connectivity index (χ1v) is 10.3. The van der Waals surface area contributed by atoms with Gasteiger partial charge in [-0.3, -0.25) is 34.8 Å². The van der Waals surface area contributed by atoms with E-state index in [1.807, 2.05) is 30.3 Å². The molecular formula is C23H22N6O6. The van der Waals surface area contributed by atoms with Gasteiger partial charge < -0.3 is 10.2 Å². The minimum absolute atomic E-state index is 0.206. The number of aromatic amines is 1. The van der Waals surface area contributed by atoms with E-state index in [4.69, 9.17) is 5.21 Å². The summed E-state index contributed by atoms with van der Waals surface area (Å²) >= 11 is 0. The molecule has 180 valence electrons. The van der Waals surface area contributed by atoms with Crippen molar-refractivity contribution >= 4 is 29.5 Å². The van der Waals surface area contributed by atoms with Crippen molar-refractivity contribution in [1.82, 2.24) is 25.9 Å². The van der Waals surface area contributed by atoms with Crippen LogP contribution in [0.1, 0.15) is 33.2 Å². The lowest BCUT2D eigenvalue weighted by Gasteiger charge is -2.27. The Morgan fingerprint density at radius 3 is 2.49 bits per heavy atom. The van der Waals surface area contributed by atoms with Gasteiger partial charge in [-0.15, -0.1) is 0 Å². The Hall–Kier alpha value is -4.84. The van der Waals surface area contributed by atoms with E-state index in [9.17, 15) is 24.5 Å². The maximum Gasteiger partial charge on any atom is 0.319 e. The van der Waals surface area contributed by atoms with E-state index in [0.717, 1.165) is 22.7 Å². The number of rotatable bonds is 9. The van der Waals surface area contributed by atoms with Crippen molar-refractivity contribution < 1.29 is 24.5 Å². The average molecular weight is 478 g/mol. The van der Waals surface area contributed by atoms with Gasteiger partial charge in [-0.25, -0.2) is 5.48 Å². The van der Waals surface area contributed by atoms with Gasteiger partial charge in [0.15, 0.2) is 0 Å². The molecule has 0 saturated heterocycles. The van der Waals surface area contributed by atoms with Crippen molar-refractivity contribution in [2.45, 2.75) is 12.6 Å². The van der Waals surface area contributed by atoms with Gasteiger partial charge in [0, 0.05) is 19.7 Å². The Balaban J connectivity index is 1.90. The zero-order chi connectivity index (χ0) is 25.4. The van der Waals surface area contributed by atoms with Crippen LogP contribution in [0.25, 0.3) is 6.08 Å². The predicted octanol–water partition coefficient (Wildman–Crippen LogP) is 1.97. The molecule has 1 atom stereocenters. The van der Waals surface area contributed by atoms with Gasteiger partial charge in [0.25, 0.3) is 11.8 Å². The number of H-pyrrole nitrogens is 1. The zero-order valence-electron chi connectivity index (χ0n) is 18.5. The Bertz CT molecular complexity index is 1240. The molecule has 0 aliphatic heterocycles. The first-order chi connectivity index (χ1) is 16.8. The smallest absolute Gasteiger partial charge is 0.319 e. The zero-order valence-corrected chi connectivity index (χ0v) is 18.5. The summed E-state index contributed by atoms with van der Waals surface area (Å²) in [6.07, 6.45) is 3.56. The highest BCUT2D eigenvalue weighted by molar-refractivity contribution is 5.99. The average Bonchev–Trinajstić information content (AvgIpc) is 3.37. The van der Waals surface area contributed by atoms with Crippen LogP contribution in [0.4, 0.5) is 5.69 Å². The Morgan fingerprint density at radius 1 is 1.17 bits per heavy atom.